The van der Waals surface area contributed by atoms with E-state index in [0.29, 0.717) is 31.1 Å². The quantitative estimate of drug-likeness (QED) is 0.600. The number of amides is 1. The maximum atomic E-state index is 13.1. The van der Waals surface area contributed by atoms with Crippen molar-refractivity contribution in [3.05, 3.63) is 66.2 Å². The lowest BCUT2D eigenvalue weighted by atomic mass is 10.0. The predicted octanol–water partition coefficient (Wildman–Crippen LogP) is 4.20. The second kappa shape index (κ2) is 9.08. The summed E-state index contributed by atoms with van der Waals surface area (Å²) in [6.07, 6.45) is 1.91. The van der Waals surface area contributed by atoms with E-state index in [9.17, 15) is 13.2 Å². The Labute approximate surface area is 182 Å². The Kier molecular flexibility index (Phi) is 6.25. The number of carbonyl (C=O) groups is 1. The van der Waals surface area contributed by atoms with E-state index in [-0.39, 0.29) is 17.2 Å². The molecule has 0 bridgehead atoms. The van der Waals surface area contributed by atoms with Crippen molar-refractivity contribution < 1.29 is 17.9 Å². The van der Waals surface area contributed by atoms with Gasteiger partial charge in [-0.05, 0) is 54.3 Å². The molecule has 1 N–H and O–H groups in total. The van der Waals surface area contributed by atoms with Gasteiger partial charge >= 0.3 is 0 Å². The van der Waals surface area contributed by atoms with E-state index in [1.807, 2.05) is 49.4 Å². The monoisotopic (exact) mass is 438 g/mol. The van der Waals surface area contributed by atoms with Crippen LogP contribution in [0.15, 0.2) is 65.6 Å². The Morgan fingerprint density at radius 3 is 2.48 bits per heavy atom. The van der Waals surface area contributed by atoms with E-state index >= 15 is 0 Å². The molecular formula is C24H26N2O4S. The molecule has 1 saturated heterocycles. The number of nitrogens with one attached hydrogen (secondary N) is 1. The molecule has 6 nitrogen and oxygen atoms in total. The SMILES string of the molecule is CCOc1ccc(NC(=O)Cc2ccc3ccccc3c2)cc1S(=O)(=O)N1CCCC1. The Morgan fingerprint density at radius 1 is 1.00 bits per heavy atom. The lowest BCUT2D eigenvalue weighted by Crippen LogP contribution is -2.28. The van der Waals surface area contributed by atoms with Crippen LogP contribution in [0.5, 0.6) is 5.75 Å². The summed E-state index contributed by atoms with van der Waals surface area (Å²) >= 11 is 0. The highest BCUT2D eigenvalue weighted by atomic mass is 32.2. The first-order valence-electron chi connectivity index (χ1n) is 10.5. The predicted molar refractivity (Wildman–Crippen MR) is 122 cm³/mol. The largest absolute Gasteiger partial charge is 0.492 e. The molecule has 0 atom stereocenters. The number of ether oxygens (including phenoxy) is 1. The first-order chi connectivity index (χ1) is 15.0. The number of hydrogen-bond acceptors (Lipinski definition) is 4. The Hall–Kier alpha value is -2.90. The van der Waals surface area contributed by atoms with Gasteiger partial charge in [0.1, 0.15) is 10.6 Å². The molecular weight excluding hydrogens is 412 g/mol. The molecule has 0 saturated carbocycles. The Bertz CT molecular complexity index is 1200. The third-order valence-corrected chi connectivity index (χ3v) is 7.31. The molecule has 1 aliphatic heterocycles. The van der Waals surface area contributed by atoms with Crippen LogP contribution >= 0.6 is 0 Å². The van der Waals surface area contributed by atoms with Crippen molar-refractivity contribution in [2.45, 2.75) is 31.1 Å². The van der Waals surface area contributed by atoms with E-state index in [1.54, 1.807) is 12.1 Å². The van der Waals surface area contributed by atoms with Crippen molar-refractivity contribution in [1.29, 1.82) is 0 Å². The molecule has 162 valence electrons. The van der Waals surface area contributed by atoms with Crippen molar-refractivity contribution in [2.24, 2.45) is 0 Å². The molecule has 1 aliphatic rings. The summed E-state index contributed by atoms with van der Waals surface area (Å²) in [5, 5.41) is 5.03. The van der Waals surface area contributed by atoms with Crippen molar-refractivity contribution in [2.75, 3.05) is 25.0 Å². The molecule has 7 heteroatoms. The molecule has 3 aromatic rings. The van der Waals surface area contributed by atoms with Crippen LogP contribution < -0.4 is 10.1 Å². The number of carbonyl (C=O) groups excluding carboxylic acids is 1. The van der Waals surface area contributed by atoms with Gasteiger partial charge in [-0.25, -0.2) is 8.42 Å². The molecule has 31 heavy (non-hydrogen) atoms. The molecule has 0 radical (unpaired) electrons. The van der Waals surface area contributed by atoms with Gasteiger partial charge in [0.15, 0.2) is 0 Å². The van der Waals surface area contributed by atoms with Gasteiger partial charge in [0.25, 0.3) is 0 Å². The van der Waals surface area contributed by atoms with E-state index < -0.39 is 10.0 Å². The number of nitrogens with zero attached hydrogens (tertiary/aromatic N) is 1. The van der Waals surface area contributed by atoms with Crippen molar-refractivity contribution in [3.8, 4) is 5.75 Å². The number of hydrogen-bond donors (Lipinski definition) is 1. The van der Waals surface area contributed by atoms with Gasteiger partial charge in [0.2, 0.25) is 15.9 Å². The zero-order chi connectivity index (χ0) is 21.8. The summed E-state index contributed by atoms with van der Waals surface area (Å²) in [5.74, 6) is 0.103. The number of anilines is 1. The molecule has 1 amide bonds. The second-order valence-corrected chi connectivity index (χ2v) is 9.52. The van der Waals surface area contributed by atoms with Gasteiger partial charge in [-0.1, -0.05) is 42.5 Å². The summed E-state index contributed by atoms with van der Waals surface area (Å²) in [6, 6.07) is 18.7. The highest BCUT2D eigenvalue weighted by Gasteiger charge is 2.30. The molecule has 1 fully saturated rings. The standard InChI is InChI=1S/C24H26N2O4S/c1-2-30-22-12-11-21(17-23(22)31(28,29)26-13-5-6-14-26)25-24(27)16-18-9-10-19-7-3-4-8-20(19)15-18/h3-4,7-12,15,17H,2,5-6,13-14,16H2,1H3,(H,25,27). The lowest BCUT2D eigenvalue weighted by Gasteiger charge is -2.19. The van der Waals surface area contributed by atoms with Crippen LogP contribution in [0.2, 0.25) is 0 Å². The number of sulfonamides is 1. The maximum absolute atomic E-state index is 13.1. The fraction of sp³-hybridized carbons (Fsp3) is 0.292. The average molecular weight is 439 g/mol. The fourth-order valence-corrected chi connectivity index (χ4v) is 5.54. The van der Waals surface area contributed by atoms with Crippen molar-refractivity contribution >= 4 is 32.4 Å². The van der Waals surface area contributed by atoms with Crippen LogP contribution in [-0.2, 0) is 21.2 Å². The Morgan fingerprint density at radius 2 is 1.74 bits per heavy atom. The summed E-state index contributed by atoms with van der Waals surface area (Å²) < 4.78 is 33.3. The van der Waals surface area contributed by atoms with Crippen LogP contribution in [0.1, 0.15) is 25.3 Å². The van der Waals surface area contributed by atoms with Gasteiger partial charge in [-0.15, -0.1) is 0 Å². The van der Waals surface area contributed by atoms with Crippen LogP contribution in [-0.4, -0.2) is 38.3 Å². The fourth-order valence-electron chi connectivity index (χ4n) is 3.87. The zero-order valence-corrected chi connectivity index (χ0v) is 18.3. The number of fused-ring (bicyclic) bond motifs is 1. The van der Waals surface area contributed by atoms with Gasteiger partial charge in [-0.3, -0.25) is 4.79 Å². The first kappa shape index (κ1) is 21.3. The third kappa shape index (κ3) is 4.73. The number of rotatable bonds is 7. The summed E-state index contributed by atoms with van der Waals surface area (Å²) in [7, 11) is -3.68. The van der Waals surface area contributed by atoms with E-state index in [4.69, 9.17) is 4.74 Å². The van der Waals surface area contributed by atoms with E-state index in [2.05, 4.69) is 5.32 Å². The average Bonchev–Trinajstić information content (AvgIpc) is 3.31. The van der Waals surface area contributed by atoms with E-state index in [0.717, 1.165) is 29.2 Å². The summed E-state index contributed by atoms with van der Waals surface area (Å²) in [6.45, 7) is 3.18. The van der Waals surface area contributed by atoms with Crippen LogP contribution in [0, 0.1) is 0 Å². The molecule has 0 unspecified atom stereocenters. The molecule has 0 aromatic heterocycles. The van der Waals surface area contributed by atoms with Gasteiger partial charge in [0, 0.05) is 18.8 Å². The highest BCUT2D eigenvalue weighted by Crippen LogP contribution is 2.31. The van der Waals surface area contributed by atoms with Crippen LogP contribution in [0.25, 0.3) is 10.8 Å². The van der Waals surface area contributed by atoms with Gasteiger partial charge < -0.3 is 10.1 Å². The molecule has 0 aliphatic carbocycles. The molecule has 3 aromatic carbocycles. The van der Waals surface area contributed by atoms with Gasteiger partial charge in [-0.2, -0.15) is 4.31 Å². The Balaban J connectivity index is 1.55. The molecule has 0 spiro atoms. The van der Waals surface area contributed by atoms with E-state index in [1.165, 1.54) is 10.4 Å². The normalized spacial score (nSPS) is 14.6. The second-order valence-electron chi connectivity index (χ2n) is 7.61. The molecule has 1 heterocycles. The van der Waals surface area contributed by atoms with Crippen molar-refractivity contribution in [1.82, 2.24) is 4.31 Å². The molecule has 4 rings (SSSR count). The minimum Gasteiger partial charge on any atom is -0.492 e. The van der Waals surface area contributed by atoms with Crippen LogP contribution in [0.3, 0.4) is 0 Å². The minimum absolute atomic E-state index is 0.0970. The summed E-state index contributed by atoms with van der Waals surface area (Å²) in [5.41, 5.74) is 1.33. The summed E-state index contributed by atoms with van der Waals surface area (Å²) in [4.78, 5) is 12.7. The number of benzene rings is 3. The third-order valence-electron chi connectivity index (χ3n) is 5.39. The van der Waals surface area contributed by atoms with Crippen molar-refractivity contribution in [3.63, 3.8) is 0 Å². The minimum atomic E-state index is -3.68. The van der Waals surface area contributed by atoms with Crippen LogP contribution in [0.4, 0.5) is 5.69 Å². The smallest absolute Gasteiger partial charge is 0.246 e. The lowest BCUT2D eigenvalue weighted by molar-refractivity contribution is -0.115. The first-order valence-corrected chi connectivity index (χ1v) is 12.0. The topological polar surface area (TPSA) is 75.7 Å². The zero-order valence-electron chi connectivity index (χ0n) is 17.5. The highest BCUT2D eigenvalue weighted by molar-refractivity contribution is 7.89. The van der Waals surface area contributed by atoms with Gasteiger partial charge in [0.05, 0.1) is 13.0 Å². The maximum Gasteiger partial charge on any atom is 0.246 e.